The lowest BCUT2D eigenvalue weighted by Crippen LogP contribution is -2.06. The van der Waals surface area contributed by atoms with Crippen LogP contribution in [0.3, 0.4) is 0 Å². The molecule has 1 rings (SSSR count). The monoisotopic (exact) mass is 210 g/mol. The van der Waals surface area contributed by atoms with Crippen LogP contribution >= 0.6 is 12.5 Å². The fourth-order valence-corrected chi connectivity index (χ4v) is 1.22. The topological polar surface area (TPSA) is 64.3 Å². The second-order valence-electron chi connectivity index (χ2n) is 2.63. The number of carbonyl (C=O) groups is 1. The van der Waals surface area contributed by atoms with Gasteiger partial charge in [0, 0.05) is 5.69 Å². The van der Waals surface area contributed by atoms with Crippen LogP contribution < -0.4 is 11.0 Å². The molecule has 74 valence electrons. The van der Waals surface area contributed by atoms with Crippen LogP contribution in [0.5, 0.6) is 0 Å². The molecule has 0 radical (unpaired) electrons. The van der Waals surface area contributed by atoms with Crippen LogP contribution in [0.2, 0.25) is 0 Å². The molecule has 0 saturated carbocycles. The maximum atomic E-state index is 11.1. The third kappa shape index (κ3) is 2.35. The molecule has 0 spiro atoms. The molecule has 3 N–H and O–H groups in total. The second kappa shape index (κ2) is 4.81. The number of esters is 1. The van der Waals surface area contributed by atoms with Crippen LogP contribution in [-0.2, 0) is 4.74 Å². The summed E-state index contributed by atoms with van der Waals surface area (Å²) in [5, 5.41) is 2.95. The summed E-state index contributed by atoms with van der Waals surface area (Å²) in [7, 11) is 1.33. The van der Waals surface area contributed by atoms with E-state index in [0.717, 1.165) is 5.69 Å². The van der Waals surface area contributed by atoms with E-state index < -0.39 is 5.97 Å². The lowest BCUT2D eigenvalue weighted by molar-refractivity contribution is 0.0601. The molecule has 14 heavy (non-hydrogen) atoms. The third-order valence-corrected chi connectivity index (χ3v) is 1.90. The first-order valence-corrected chi connectivity index (χ1v) is 4.65. The van der Waals surface area contributed by atoms with Gasteiger partial charge < -0.3 is 15.7 Å². The number of carbonyl (C=O) groups excluding carboxylic acids is 1. The molecule has 1 aromatic rings. The molecule has 0 atom stereocenters. The smallest absolute Gasteiger partial charge is 0.337 e. The summed E-state index contributed by atoms with van der Waals surface area (Å²) in [6, 6.07) is 4.93. The summed E-state index contributed by atoms with van der Waals surface area (Å²) in [6.07, 6.45) is 0. The zero-order valence-corrected chi connectivity index (χ0v) is 8.67. The Kier molecular flexibility index (Phi) is 3.70. The van der Waals surface area contributed by atoms with Crippen molar-refractivity contribution < 1.29 is 9.53 Å². The van der Waals surface area contributed by atoms with E-state index in [4.69, 9.17) is 5.73 Å². The number of hydrogen-bond acceptors (Lipinski definition) is 5. The molecule has 0 saturated heterocycles. The standard InChI is InChI=1S/C8H11BN2O2S/c1-13-8(12)5-2-3-7(11-9-14)6(10)4-5/h2-4,9,11,14H,10H2,1H3. The molecule has 0 fully saturated rings. The minimum atomic E-state index is -0.394. The first-order chi connectivity index (χ1) is 6.69. The molecular weight excluding hydrogens is 199 g/mol. The van der Waals surface area contributed by atoms with Crippen LogP contribution in [0.1, 0.15) is 10.4 Å². The number of hydrogen-bond donors (Lipinski definition) is 3. The van der Waals surface area contributed by atoms with Gasteiger partial charge >= 0.3 is 5.97 Å². The second-order valence-corrected chi connectivity index (χ2v) is 2.94. The highest BCUT2D eigenvalue weighted by Gasteiger charge is 2.07. The molecule has 4 nitrogen and oxygen atoms in total. The molecule has 1 aromatic carbocycles. The number of nitrogens with two attached hydrogens (primary N) is 1. The van der Waals surface area contributed by atoms with Crippen molar-refractivity contribution in [3.8, 4) is 0 Å². The van der Waals surface area contributed by atoms with Crippen LogP contribution in [0.25, 0.3) is 0 Å². The first-order valence-electron chi connectivity index (χ1n) is 4.01. The number of thiol groups is 1. The molecule has 0 aliphatic carbocycles. The lowest BCUT2D eigenvalue weighted by atomic mass is 10.1. The van der Waals surface area contributed by atoms with Crippen LogP contribution in [0, 0.1) is 0 Å². The van der Waals surface area contributed by atoms with Gasteiger partial charge in [0.2, 0.25) is 0 Å². The van der Waals surface area contributed by atoms with E-state index in [-0.39, 0.29) is 0 Å². The Morgan fingerprint density at radius 3 is 2.86 bits per heavy atom. The fraction of sp³-hybridized carbons (Fsp3) is 0.125. The van der Waals surface area contributed by atoms with Crippen molar-refractivity contribution in [3.63, 3.8) is 0 Å². The molecule has 0 unspecified atom stereocenters. The molecule has 6 heteroatoms. The highest BCUT2D eigenvalue weighted by atomic mass is 32.1. The van der Waals surface area contributed by atoms with Crippen molar-refractivity contribution in [1.29, 1.82) is 0 Å². The van der Waals surface area contributed by atoms with Crippen molar-refractivity contribution in [2.24, 2.45) is 0 Å². The molecule has 0 aliphatic rings. The molecule has 0 aliphatic heterocycles. The van der Waals surface area contributed by atoms with Crippen molar-refractivity contribution >= 4 is 36.5 Å². The van der Waals surface area contributed by atoms with Gasteiger partial charge in [-0.15, -0.1) is 0 Å². The van der Waals surface area contributed by atoms with E-state index in [1.807, 2.05) is 0 Å². The highest BCUT2D eigenvalue weighted by molar-refractivity contribution is 8.07. The van der Waals surface area contributed by atoms with Crippen LogP contribution in [0.4, 0.5) is 11.4 Å². The Morgan fingerprint density at radius 1 is 1.64 bits per heavy atom. The number of benzene rings is 1. The Bertz CT molecular complexity index is 346. The predicted molar refractivity (Wildman–Crippen MR) is 62.0 cm³/mol. The summed E-state index contributed by atoms with van der Waals surface area (Å²) in [5.41, 5.74) is 7.39. The van der Waals surface area contributed by atoms with Crippen molar-refractivity contribution in [2.75, 3.05) is 18.1 Å². The van der Waals surface area contributed by atoms with Gasteiger partial charge in [0.1, 0.15) is 0 Å². The Morgan fingerprint density at radius 2 is 2.36 bits per heavy atom. The van der Waals surface area contributed by atoms with E-state index in [1.165, 1.54) is 7.11 Å². The number of nitrogen functional groups attached to an aromatic ring is 1. The number of methoxy groups -OCH3 is 1. The Balaban J connectivity index is 2.94. The summed E-state index contributed by atoms with van der Waals surface area (Å²) in [6.45, 7) is 0.488. The van der Waals surface area contributed by atoms with E-state index >= 15 is 0 Å². The predicted octanol–water partition coefficient (Wildman–Crippen LogP) is 0.664. The Hall–Kier alpha value is -1.30. The average Bonchev–Trinajstić information content (AvgIpc) is 2.20. The van der Waals surface area contributed by atoms with Gasteiger partial charge in [-0.1, -0.05) is 0 Å². The fourth-order valence-electron chi connectivity index (χ4n) is 1.05. The van der Waals surface area contributed by atoms with Gasteiger partial charge in [-0.3, -0.25) is 0 Å². The summed E-state index contributed by atoms with van der Waals surface area (Å²) < 4.78 is 4.56. The minimum Gasteiger partial charge on any atom is -0.465 e. The number of anilines is 2. The van der Waals surface area contributed by atoms with E-state index in [2.05, 4.69) is 22.4 Å². The van der Waals surface area contributed by atoms with Gasteiger partial charge in [-0.2, -0.15) is 0 Å². The van der Waals surface area contributed by atoms with Crippen molar-refractivity contribution in [1.82, 2.24) is 0 Å². The quantitative estimate of drug-likeness (QED) is 0.297. The van der Waals surface area contributed by atoms with Crippen molar-refractivity contribution in [2.45, 2.75) is 0 Å². The zero-order valence-electron chi connectivity index (χ0n) is 7.78. The molecule has 0 amide bonds. The summed E-state index contributed by atoms with van der Waals surface area (Å²) >= 11 is 4.01. The van der Waals surface area contributed by atoms with E-state index in [0.29, 0.717) is 17.9 Å². The normalized spacial score (nSPS) is 9.29. The van der Waals surface area contributed by atoms with Gasteiger partial charge in [-0.05, 0) is 18.2 Å². The number of rotatable bonds is 3. The van der Waals surface area contributed by atoms with Gasteiger partial charge in [0.25, 0.3) is 6.69 Å². The van der Waals surface area contributed by atoms with Gasteiger partial charge in [-0.25, -0.2) is 17.3 Å². The maximum Gasteiger partial charge on any atom is 0.337 e. The van der Waals surface area contributed by atoms with Gasteiger partial charge in [0.05, 0.1) is 18.4 Å². The molecule has 0 aromatic heterocycles. The SMILES string of the molecule is COC(=O)c1ccc(NBS)c(N)c1. The van der Waals surface area contributed by atoms with E-state index in [1.54, 1.807) is 18.2 Å². The van der Waals surface area contributed by atoms with E-state index in [9.17, 15) is 4.79 Å². The van der Waals surface area contributed by atoms with Crippen molar-refractivity contribution in [3.05, 3.63) is 23.8 Å². The largest absolute Gasteiger partial charge is 0.465 e. The third-order valence-electron chi connectivity index (χ3n) is 1.74. The molecule has 0 heterocycles. The van der Waals surface area contributed by atoms with Crippen LogP contribution in [-0.4, -0.2) is 19.8 Å². The number of nitrogens with one attached hydrogen (secondary N) is 1. The highest BCUT2D eigenvalue weighted by Crippen LogP contribution is 2.19. The average molecular weight is 210 g/mol. The zero-order chi connectivity index (χ0) is 10.6. The minimum absolute atomic E-state index is 0.394. The van der Waals surface area contributed by atoms with Crippen LogP contribution in [0.15, 0.2) is 18.2 Å². The summed E-state index contributed by atoms with van der Waals surface area (Å²) in [5.74, 6) is -0.394. The number of ether oxygens (including phenoxy) is 1. The first kappa shape index (κ1) is 10.8. The molecule has 0 bridgehead atoms. The summed E-state index contributed by atoms with van der Waals surface area (Å²) in [4.78, 5) is 11.1. The van der Waals surface area contributed by atoms with Gasteiger partial charge in [0.15, 0.2) is 0 Å². The lowest BCUT2D eigenvalue weighted by Gasteiger charge is -2.07. The Labute approximate surface area is 88.4 Å². The molecular formula is C8H11BN2O2S. The maximum absolute atomic E-state index is 11.1.